The van der Waals surface area contributed by atoms with Gasteiger partial charge in [0.2, 0.25) is 0 Å². The average molecular weight is 267 g/mol. The van der Waals surface area contributed by atoms with Crippen molar-refractivity contribution in [3.63, 3.8) is 0 Å². The fourth-order valence-corrected chi connectivity index (χ4v) is 5.84. The molecule has 78 valence electrons. The van der Waals surface area contributed by atoms with Crippen LogP contribution in [0, 0.1) is 0 Å². The first-order chi connectivity index (χ1) is 6.29. The molecule has 0 aromatic rings. The van der Waals surface area contributed by atoms with E-state index in [1.807, 2.05) is 0 Å². The van der Waals surface area contributed by atoms with Crippen LogP contribution in [0.5, 0.6) is 0 Å². The Morgan fingerprint density at radius 3 is 2.08 bits per heavy atom. The van der Waals surface area contributed by atoms with Gasteiger partial charge in [0, 0.05) is 24.6 Å². The van der Waals surface area contributed by atoms with Crippen molar-refractivity contribution in [3.05, 3.63) is 0 Å². The molecule has 1 aliphatic rings. The predicted molar refractivity (Wildman–Crippen MR) is 60.7 cm³/mol. The smallest absolute Gasteiger partial charge is 0.328 e. The SMILES string of the molecule is CO[SiH](OC)C1(CBr)CCCCC1. The minimum Gasteiger partial charge on any atom is -0.400 e. The van der Waals surface area contributed by atoms with E-state index in [0.717, 1.165) is 5.33 Å². The Labute approximate surface area is 91.0 Å². The molecule has 0 aromatic carbocycles. The lowest BCUT2D eigenvalue weighted by Gasteiger charge is -2.38. The van der Waals surface area contributed by atoms with Crippen molar-refractivity contribution >= 4 is 25.2 Å². The highest BCUT2D eigenvalue weighted by molar-refractivity contribution is 9.09. The maximum absolute atomic E-state index is 5.52. The second-order valence-electron chi connectivity index (χ2n) is 3.86. The molecule has 1 saturated carbocycles. The van der Waals surface area contributed by atoms with Crippen LogP contribution in [0.15, 0.2) is 0 Å². The Hall–Kier alpha value is 0.617. The van der Waals surface area contributed by atoms with Crippen molar-refractivity contribution in [2.24, 2.45) is 0 Å². The maximum atomic E-state index is 5.52. The summed E-state index contributed by atoms with van der Waals surface area (Å²) in [4.78, 5) is 0. The van der Waals surface area contributed by atoms with E-state index in [0.29, 0.717) is 5.04 Å². The van der Waals surface area contributed by atoms with Crippen LogP contribution >= 0.6 is 15.9 Å². The van der Waals surface area contributed by atoms with E-state index >= 15 is 0 Å². The highest BCUT2D eigenvalue weighted by Gasteiger charge is 2.41. The zero-order chi connectivity index (χ0) is 9.73. The second kappa shape index (κ2) is 5.49. The van der Waals surface area contributed by atoms with Crippen molar-refractivity contribution in [3.8, 4) is 0 Å². The number of alkyl halides is 1. The number of hydrogen-bond acceptors (Lipinski definition) is 2. The van der Waals surface area contributed by atoms with E-state index < -0.39 is 9.28 Å². The molecule has 0 atom stereocenters. The molecular weight excluding hydrogens is 248 g/mol. The van der Waals surface area contributed by atoms with Crippen molar-refractivity contribution in [2.75, 3.05) is 19.5 Å². The molecule has 1 aliphatic carbocycles. The van der Waals surface area contributed by atoms with Crippen LogP contribution in [0.1, 0.15) is 32.1 Å². The fourth-order valence-electron chi connectivity index (χ4n) is 2.28. The molecule has 2 nitrogen and oxygen atoms in total. The van der Waals surface area contributed by atoms with Crippen molar-refractivity contribution < 1.29 is 8.85 Å². The molecule has 0 amide bonds. The minimum absolute atomic E-state index is 0.349. The normalized spacial score (nSPS) is 22.2. The standard InChI is InChI=1S/C9H19BrO2Si/c1-11-13(12-2)9(8-10)6-4-3-5-7-9/h13H,3-8H2,1-2H3. The summed E-state index contributed by atoms with van der Waals surface area (Å²) >= 11 is 3.63. The first-order valence-electron chi connectivity index (χ1n) is 4.90. The third-order valence-corrected chi connectivity index (χ3v) is 7.40. The topological polar surface area (TPSA) is 18.5 Å². The van der Waals surface area contributed by atoms with Gasteiger partial charge in [0.25, 0.3) is 0 Å². The van der Waals surface area contributed by atoms with Gasteiger partial charge in [0.05, 0.1) is 0 Å². The summed E-state index contributed by atoms with van der Waals surface area (Å²) in [6, 6.07) is 0. The quantitative estimate of drug-likeness (QED) is 0.576. The number of rotatable bonds is 4. The Balaban J connectivity index is 2.64. The summed E-state index contributed by atoms with van der Waals surface area (Å²) in [5.74, 6) is 0. The van der Waals surface area contributed by atoms with Crippen LogP contribution in [-0.4, -0.2) is 28.8 Å². The van der Waals surface area contributed by atoms with E-state index in [2.05, 4.69) is 15.9 Å². The summed E-state index contributed by atoms with van der Waals surface area (Å²) in [7, 11) is 2.13. The maximum Gasteiger partial charge on any atom is 0.328 e. The van der Waals surface area contributed by atoms with Crippen LogP contribution in [-0.2, 0) is 8.85 Å². The van der Waals surface area contributed by atoms with Gasteiger partial charge in [-0.25, -0.2) is 0 Å². The first-order valence-corrected chi connectivity index (χ1v) is 7.55. The average Bonchev–Trinajstić information content (AvgIpc) is 2.21. The molecule has 4 heteroatoms. The molecule has 0 spiro atoms. The molecule has 0 N–H and O–H groups in total. The highest BCUT2D eigenvalue weighted by atomic mass is 79.9. The van der Waals surface area contributed by atoms with Crippen LogP contribution in [0.3, 0.4) is 0 Å². The molecule has 0 bridgehead atoms. The Morgan fingerprint density at radius 2 is 1.69 bits per heavy atom. The van der Waals surface area contributed by atoms with Crippen LogP contribution in [0.2, 0.25) is 5.04 Å². The summed E-state index contributed by atoms with van der Waals surface area (Å²) in [6.45, 7) is 0. The molecule has 13 heavy (non-hydrogen) atoms. The molecule has 0 heterocycles. The van der Waals surface area contributed by atoms with Crippen LogP contribution < -0.4 is 0 Å². The molecule has 1 rings (SSSR count). The zero-order valence-corrected chi connectivity index (χ0v) is 11.3. The minimum atomic E-state index is -1.46. The van der Waals surface area contributed by atoms with E-state index in [4.69, 9.17) is 8.85 Å². The molecular formula is C9H19BrO2Si. The van der Waals surface area contributed by atoms with Crippen molar-refractivity contribution in [2.45, 2.75) is 37.1 Å². The summed E-state index contributed by atoms with van der Waals surface area (Å²) < 4.78 is 11.0. The van der Waals surface area contributed by atoms with Gasteiger partial charge in [-0.1, -0.05) is 35.2 Å². The Morgan fingerprint density at radius 1 is 1.15 bits per heavy atom. The van der Waals surface area contributed by atoms with Crippen molar-refractivity contribution in [1.29, 1.82) is 0 Å². The molecule has 0 saturated heterocycles. The van der Waals surface area contributed by atoms with Gasteiger partial charge in [-0.3, -0.25) is 0 Å². The van der Waals surface area contributed by atoms with Gasteiger partial charge in [-0.05, 0) is 12.8 Å². The molecule has 0 unspecified atom stereocenters. The molecule has 0 aliphatic heterocycles. The first kappa shape index (κ1) is 11.7. The third kappa shape index (κ3) is 2.55. The van der Waals surface area contributed by atoms with E-state index in [1.165, 1.54) is 32.1 Å². The monoisotopic (exact) mass is 266 g/mol. The Bertz CT molecular complexity index is 145. The van der Waals surface area contributed by atoms with Gasteiger partial charge in [0.15, 0.2) is 0 Å². The van der Waals surface area contributed by atoms with Gasteiger partial charge < -0.3 is 8.85 Å². The summed E-state index contributed by atoms with van der Waals surface area (Å²) in [5, 5.41) is 1.39. The summed E-state index contributed by atoms with van der Waals surface area (Å²) in [6.07, 6.45) is 6.60. The Kier molecular flexibility index (Phi) is 4.93. The highest BCUT2D eigenvalue weighted by Crippen LogP contribution is 2.47. The second-order valence-corrected chi connectivity index (χ2v) is 7.25. The largest absolute Gasteiger partial charge is 0.400 e. The van der Waals surface area contributed by atoms with Crippen LogP contribution in [0.4, 0.5) is 0 Å². The van der Waals surface area contributed by atoms with Gasteiger partial charge in [-0.2, -0.15) is 0 Å². The predicted octanol–water partition coefficient (Wildman–Crippen LogP) is 2.60. The lowest BCUT2D eigenvalue weighted by molar-refractivity contribution is 0.222. The van der Waals surface area contributed by atoms with Crippen molar-refractivity contribution in [1.82, 2.24) is 0 Å². The lowest BCUT2D eigenvalue weighted by atomic mass is 9.90. The zero-order valence-electron chi connectivity index (χ0n) is 8.51. The van der Waals surface area contributed by atoms with Crippen LogP contribution in [0.25, 0.3) is 0 Å². The molecule has 1 fully saturated rings. The van der Waals surface area contributed by atoms with E-state index in [9.17, 15) is 0 Å². The van der Waals surface area contributed by atoms with Gasteiger partial charge in [0.1, 0.15) is 0 Å². The van der Waals surface area contributed by atoms with Gasteiger partial charge in [-0.15, -0.1) is 0 Å². The number of hydrogen-bond donors (Lipinski definition) is 0. The number of halogens is 1. The lowest BCUT2D eigenvalue weighted by Crippen LogP contribution is -2.39. The molecule has 0 radical (unpaired) electrons. The third-order valence-electron chi connectivity index (χ3n) is 3.04. The fraction of sp³-hybridized carbons (Fsp3) is 1.00. The van der Waals surface area contributed by atoms with E-state index in [1.54, 1.807) is 14.2 Å². The van der Waals surface area contributed by atoms with E-state index in [-0.39, 0.29) is 0 Å². The molecule has 0 aromatic heterocycles. The summed E-state index contributed by atoms with van der Waals surface area (Å²) in [5.41, 5.74) is 0. The van der Waals surface area contributed by atoms with Gasteiger partial charge >= 0.3 is 9.28 Å².